The Kier molecular flexibility index (Phi) is 10.2. The number of halogens is 3. The van der Waals surface area contributed by atoms with Gasteiger partial charge in [-0.15, -0.1) is 0 Å². The van der Waals surface area contributed by atoms with E-state index in [1.54, 1.807) is 14.1 Å². The van der Waals surface area contributed by atoms with Gasteiger partial charge in [0.2, 0.25) is 11.8 Å². The van der Waals surface area contributed by atoms with Crippen molar-refractivity contribution in [3.05, 3.63) is 100 Å². The fourth-order valence-corrected chi connectivity index (χ4v) is 4.23. The van der Waals surface area contributed by atoms with Crippen molar-refractivity contribution in [2.24, 2.45) is 0 Å². The number of rotatable bonds is 12. The molecule has 4 rings (SSSR count). The Balaban J connectivity index is 1.49. The van der Waals surface area contributed by atoms with Gasteiger partial charge in [0.25, 0.3) is 5.56 Å². The third kappa shape index (κ3) is 8.49. The first kappa shape index (κ1) is 32.3. The van der Waals surface area contributed by atoms with Gasteiger partial charge >= 0.3 is 6.09 Å². The summed E-state index contributed by atoms with van der Waals surface area (Å²) in [6.07, 6.45) is 3.02. The number of amides is 3. The topological polar surface area (TPSA) is 159 Å². The molecule has 0 saturated heterocycles. The molecule has 4 N–H and O–H groups in total. The second-order valence-corrected chi connectivity index (χ2v) is 10.1. The van der Waals surface area contributed by atoms with Crippen LogP contribution in [0.2, 0.25) is 0 Å². The largest absolute Gasteiger partial charge is 0.486 e. The van der Waals surface area contributed by atoms with Crippen LogP contribution in [0.15, 0.2) is 65.6 Å². The number of nitrogens with zero attached hydrogens (tertiary/aromatic N) is 3. The van der Waals surface area contributed by atoms with Crippen molar-refractivity contribution in [3.8, 4) is 5.75 Å². The van der Waals surface area contributed by atoms with Gasteiger partial charge in [0.1, 0.15) is 47.1 Å². The van der Waals surface area contributed by atoms with Gasteiger partial charge in [-0.05, 0) is 49.2 Å². The van der Waals surface area contributed by atoms with E-state index in [1.807, 2.05) is 0 Å². The third-order valence-corrected chi connectivity index (χ3v) is 6.50. The summed E-state index contributed by atoms with van der Waals surface area (Å²) in [7, 11) is 3.14. The summed E-state index contributed by atoms with van der Waals surface area (Å²) in [6, 6.07) is 6.83. The molecule has 0 aliphatic rings. The molecule has 2 heterocycles. The van der Waals surface area contributed by atoms with Crippen LogP contribution in [0.25, 0.3) is 11.0 Å². The zero-order valence-corrected chi connectivity index (χ0v) is 24.1. The minimum absolute atomic E-state index is 0.0116. The molecule has 0 fully saturated rings. The van der Waals surface area contributed by atoms with Crippen LogP contribution in [0, 0.1) is 17.5 Å². The molecular formula is C30H29F3N6O6. The maximum Gasteiger partial charge on any atom is 0.405 e. The molecule has 4 aromatic rings. The molecule has 3 amide bonds. The van der Waals surface area contributed by atoms with E-state index in [0.717, 1.165) is 18.2 Å². The fraction of sp³-hybridized carbons (Fsp3) is 0.233. The number of allylic oxidation sites excluding steroid dienone is 1. The number of aromatic amines is 1. The maximum absolute atomic E-state index is 14.3. The normalized spacial score (nSPS) is 11.8. The van der Waals surface area contributed by atoms with Crippen LogP contribution in [0.1, 0.15) is 24.2 Å². The minimum atomic E-state index is -1.44. The smallest absolute Gasteiger partial charge is 0.405 e. The number of carbonyl (C=O) groups is 3. The molecule has 12 nitrogen and oxygen atoms in total. The van der Waals surface area contributed by atoms with Crippen LogP contribution >= 0.6 is 0 Å². The van der Waals surface area contributed by atoms with Crippen molar-refractivity contribution in [1.29, 1.82) is 0 Å². The SMILES string of the molecule is CN(C)C(=O)C=CCCC(NC(=O)O)C(=O)Nc1cccn(Cc2nc3c(OCc4ccc(F)cc4F)cc(F)cc3[nH]2)c1=O. The Labute approximate surface area is 254 Å². The summed E-state index contributed by atoms with van der Waals surface area (Å²) in [6.45, 7) is -0.456. The van der Waals surface area contributed by atoms with E-state index in [0.29, 0.717) is 6.07 Å². The Hall–Kier alpha value is -5.60. The summed E-state index contributed by atoms with van der Waals surface area (Å²) in [5.74, 6) is -3.08. The summed E-state index contributed by atoms with van der Waals surface area (Å²) in [4.78, 5) is 57.7. The number of H-pyrrole nitrogens is 1. The van der Waals surface area contributed by atoms with Gasteiger partial charge in [0.05, 0.1) is 12.1 Å². The standard InChI is InChI=1S/C30H29F3N6O6/c1-38(2)26(40)8-4-3-6-21(36-30(43)44)28(41)35-22-7-5-11-39(29(22)42)15-25-34-23-13-19(32)14-24(27(23)37-25)45-16-17-9-10-18(31)12-20(17)33/h4-5,7-14,21,36H,3,6,15-16H2,1-2H3,(H,34,37)(H,35,41)(H,43,44). The second kappa shape index (κ2) is 14.2. The van der Waals surface area contributed by atoms with Gasteiger partial charge in [-0.1, -0.05) is 6.08 Å². The maximum atomic E-state index is 14.3. The van der Waals surface area contributed by atoms with Gasteiger partial charge in [-0.2, -0.15) is 0 Å². The molecule has 2 aromatic heterocycles. The van der Waals surface area contributed by atoms with E-state index in [1.165, 1.54) is 46.0 Å². The van der Waals surface area contributed by atoms with Gasteiger partial charge in [-0.25, -0.2) is 22.9 Å². The molecule has 2 aromatic carbocycles. The average molecular weight is 627 g/mol. The van der Waals surface area contributed by atoms with Crippen LogP contribution in [-0.4, -0.2) is 62.6 Å². The summed E-state index contributed by atoms with van der Waals surface area (Å²) in [5, 5.41) is 13.7. The predicted molar refractivity (Wildman–Crippen MR) is 157 cm³/mol. The molecule has 236 valence electrons. The number of carboxylic acid groups (broad SMARTS) is 1. The Morgan fingerprint density at radius 3 is 2.62 bits per heavy atom. The van der Waals surface area contributed by atoms with E-state index < -0.39 is 41.1 Å². The van der Waals surface area contributed by atoms with Crippen molar-refractivity contribution in [2.45, 2.75) is 32.0 Å². The van der Waals surface area contributed by atoms with Crippen molar-refractivity contribution < 1.29 is 37.4 Å². The highest BCUT2D eigenvalue weighted by molar-refractivity contribution is 5.96. The molecule has 0 saturated carbocycles. The number of hydrogen-bond donors (Lipinski definition) is 4. The van der Waals surface area contributed by atoms with E-state index in [4.69, 9.17) is 4.74 Å². The highest BCUT2D eigenvalue weighted by Gasteiger charge is 2.21. The molecule has 15 heteroatoms. The van der Waals surface area contributed by atoms with E-state index in [9.17, 15) is 37.5 Å². The lowest BCUT2D eigenvalue weighted by Crippen LogP contribution is -2.44. The second-order valence-electron chi connectivity index (χ2n) is 10.1. The number of nitrogens with one attached hydrogen (secondary N) is 3. The van der Waals surface area contributed by atoms with Crippen LogP contribution in [0.5, 0.6) is 5.75 Å². The summed E-state index contributed by atoms with van der Waals surface area (Å²) in [5.41, 5.74) is -0.278. The summed E-state index contributed by atoms with van der Waals surface area (Å²) < 4.78 is 48.4. The molecule has 0 bridgehead atoms. The average Bonchev–Trinajstić information content (AvgIpc) is 3.38. The van der Waals surface area contributed by atoms with Crippen molar-refractivity contribution in [2.75, 3.05) is 19.4 Å². The van der Waals surface area contributed by atoms with E-state index in [-0.39, 0.29) is 65.8 Å². The first-order valence-electron chi connectivity index (χ1n) is 13.5. The van der Waals surface area contributed by atoms with Crippen molar-refractivity contribution >= 4 is 34.6 Å². The Morgan fingerprint density at radius 1 is 1.13 bits per heavy atom. The van der Waals surface area contributed by atoms with Crippen LogP contribution in [0.4, 0.5) is 23.7 Å². The number of anilines is 1. The van der Waals surface area contributed by atoms with Gasteiger partial charge < -0.3 is 34.9 Å². The molecule has 0 aliphatic heterocycles. The van der Waals surface area contributed by atoms with Crippen LogP contribution < -0.4 is 20.9 Å². The zero-order valence-electron chi connectivity index (χ0n) is 24.1. The number of ether oxygens (including phenoxy) is 1. The van der Waals surface area contributed by atoms with Crippen LogP contribution in [0.3, 0.4) is 0 Å². The lowest BCUT2D eigenvalue weighted by Gasteiger charge is -2.16. The van der Waals surface area contributed by atoms with E-state index in [2.05, 4.69) is 20.6 Å². The molecule has 1 unspecified atom stereocenters. The van der Waals surface area contributed by atoms with Gasteiger partial charge in [0.15, 0.2) is 5.75 Å². The molecule has 0 spiro atoms. The number of benzene rings is 2. The fourth-order valence-electron chi connectivity index (χ4n) is 4.23. The lowest BCUT2D eigenvalue weighted by atomic mass is 10.1. The molecule has 45 heavy (non-hydrogen) atoms. The number of fused-ring (bicyclic) bond motifs is 1. The minimum Gasteiger partial charge on any atom is -0.486 e. The number of likely N-dealkylation sites (N-methyl/N-ethyl adjacent to an activating group) is 1. The highest BCUT2D eigenvalue weighted by Crippen LogP contribution is 2.27. The Bertz CT molecular complexity index is 1820. The summed E-state index contributed by atoms with van der Waals surface area (Å²) >= 11 is 0. The van der Waals surface area contributed by atoms with Crippen molar-refractivity contribution in [3.63, 3.8) is 0 Å². The van der Waals surface area contributed by atoms with Gasteiger partial charge in [-0.3, -0.25) is 14.4 Å². The number of carbonyl (C=O) groups excluding carboxylic acids is 2. The first-order valence-corrected chi connectivity index (χ1v) is 13.5. The number of imidazole rings is 1. The molecule has 0 aliphatic carbocycles. The van der Waals surface area contributed by atoms with Gasteiger partial charge in [0, 0.05) is 38.0 Å². The molecular weight excluding hydrogens is 597 g/mol. The van der Waals surface area contributed by atoms with Crippen molar-refractivity contribution in [1.82, 2.24) is 24.8 Å². The number of hydrogen-bond acceptors (Lipinski definition) is 6. The quantitative estimate of drug-likeness (QED) is 0.174. The lowest BCUT2D eigenvalue weighted by molar-refractivity contribution is -0.123. The zero-order chi connectivity index (χ0) is 32.7. The Morgan fingerprint density at radius 2 is 1.91 bits per heavy atom. The molecule has 0 radical (unpaired) electrons. The highest BCUT2D eigenvalue weighted by atomic mass is 19.1. The monoisotopic (exact) mass is 626 g/mol. The first-order chi connectivity index (χ1) is 21.4. The predicted octanol–water partition coefficient (Wildman–Crippen LogP) is 3.77. The number of pyridine rings is 1. The third-order valence-electron chi connectivity index (χ3n) is 6.50. The van der Waals surface area contributed by atoms with Crippen LogP contribution in [-0.2, 0) is 22.7 Å². The number of aromatic nitrogens is 3. The van der Waals surface area contributed by atoms with E-state index >= 15 is 0 Å². The molecule has 1 atom stereocenters.